The fourth-order valence-corrected chi connectivity index (χ4v) is 3.66. The molecular formula is C20H28N2O. The number of fused-ring (bicyclic) bond motifs is 1. The van der Waals surface area contributed by atoms with Crippen molar-refractivity contribution in [3.05, 3.63) is 36.7 Å². The zero-order valence-electron chi connectivity index (χ0n) is 14.5. The normalized spacial score (nSPS) is 22.0. The lowest BCUT2D eigenvalue weighted by molar-refractivity contribution is 0.0957. The smallest absolute Gasteiger partial charge is 0.120 e. The summed E-state index contributed by atoms with van der Waals surface area (Å²) in [5.41, 5.74) is 0. The second-order valence-corrected chi connectivity index (χ2v) is 7.27. The van der Waals surface area contributed by atoms with Gasteiger partial charge in [-0.1, -0.05) is 13.8 Å². The van der Waals surface area contributed by atoms with Crippen LogP contribution in [0.25, 0.3) is 10.8 Å². The topological polar surface area (TPSA) is 25.4 Å². The van der Waals surface area contributed by atoms with Gasteiger partial charge in [-0.2, -0.15) is 0 Å². The number of hydrogen-bond donors (Lipinski definition) is 0. The van der Waals surface area contributed by atoms with E-state index in [-0.39, 0.29) is 0 Å². The number of aromatic nitrogens is 1. The van der Waals surface area contributed by atoms with Gasteiger partial charge in [-0.25, -0.2) is 0 Å². The van der Waals surface area contributed by atoms with Gasteiger partial charge in [-0.15, -0.1) is 0 Å². The molecule has 1 aliphatic carbocycles. The Morgan fingerprint density at radius 2 is 1.91 bits per heavy atom. The summed E-state index contributed by atoms with van der Waals surface area (Å²) in [6.45, 7) is 5.77. The molecule has 2 aromatic rings. The molecule has 1 saturated carbocycles. The third kappa shape index (κ3) is 4.23. The van der Waals surface area contributed by atoms with Crippen LogP contribution in [0.1, 0.15) is 39.5 Å². The van der Waals surface area contributed by atoms with Crippen LogP contribution in [0.2, 0.25) is 0 Å². The van der Waals surface area contributed by atoms with Gasteiger partial charge in [-0.05, 0) is 68.3 Å². The van der Waals surface area contributed by atoms with Crippen LogP contribution in [0.5, 0.6) is 5.75 Å². The molecule has 1 heterocycles. The molecule has 0 N–H and O–H groups in total. The standard InChI is InChI=1S/C20H28N2O/c1-15(2)14-22(3)18-5-8-19(9-6-18)23-20-7-4-17-13-21-11-10-16(17)12-20/h4,7,10-13,15,18-19H,5-6,8-9,14H2,1-3H3. The SMILES string of the molecule is CC(C)CN(C)C1CCC(Oc2ccc3cnccc3c2)CC1. The third-order valence-corrected chi connectivity index (χ3v) is 4.83. The lowest BCUT2D eigenvalue weighted by Crippen LogP contribution is -2.39. The van der Waals surface area contributed by atoms with Crippen LogP contribution in [0.4, 0.5) is 0 Å². The largest absolute Gasteiger partial charge is 0.490 e. The summed E-state index contributed by atoms with van der Waals surface area (Å²) in [6, 6.07) is 9.06. The molecule has 0 saturated heterocycles. The molecular weight excluding hydrogens is 284 g/mol. The van der Waals surface area contributed by atoms with Crippen LogP contribution in [0.15, 0.2) is 36.7 Å². The Hall–Kier alpha value is -1.61. The Kier molecular flexibility index (Phi) is 5.16. The first-order valence-corrected chi connectivity index (χ1v) is 8.82. The van der Waals surface area contributed by atoms with Crippen molar-refractivity contribution in [3.63, 3.8) is 0 Å². The van der Waals surface area contributed by atoms with Crippen LogP contribution in [-0.4, -0.2) is 35.6 Å². The minimum Gasteiger partial charge on any atom is -0.490 e. The van der Waals surface area contributed by atoms with Crippen LogP contribution in [-0.2, 0) is 0 Å². The summed E-state index contributed by atoms with van der Waals surface area (Å²) < 4.78 is 6.23. The Morgan fingerprint density at radius 3 is 2.65 bits per heavy atom. The summed E-state index contributed by atoms with van der Waals surface area (Å²) in [5.74, 6) is 1.73. The van der Waals surface area contributed by atoms with Crippen LogP contribution < -0.4 is 4.74 Å². The summed E-state index contributed by atoms with van der Waals surface area (Å²) in [6.07, 6.45) is 8.88. The maximum atomic E-state index is 6.23. The number of rotatable bonds is 5. The van der Waals surface area contributed by atoms with E-state index in [2.05, 4.69) is 49.0 Å². The number of ether oxygens (including phenoxy) is 1. The van der Waals surface area contributed by atoms with Crippen molar-refractivity contribution < 1.29 is 4.74 Å². The molecule has 0 aliphatic heterocycles. The van der Waals surface area contributed by atoms with E-state index < -0.39 is 0 Å². The van der Waals surface area contributed by atoms with Crippen LogP contribution >= 0.6 is 0 Å². The van der Waals surface area contributed by atoms with E-state index in [9.17, 15) is 0 Å². The highest BCUT2D eigenvalue weighted by Gasteiger charge is 2.25. The molecule has 3 nitrogen and oxygen atoms in total. The average molecular weight is 312 g/mol. The van der Waals surface area contributed by atoms with Gasteiger partial charge in [0.1, 0.15) is 5.75 Å². The highest BCUT2D eigenvalue weighted by molar-refractivity contribution is 5.82. The monoisotopic (exact) mass is 312 g/mol. The lowest BCUT2D eigenvalue weighted by Gasteiger charge is -2.35. The minimum absolute atomic E-state index is 0.359. The molecule has 1 aliphatic rings. The second-order valence-electron chi connectivity index (χ2n) is 7.27. The van der Waals surface area contributed by atoms with Crippen molar-refractivity contribution in [1.82, 2.24) is 9.88 Å². The van der Waals surface area contributed by atoms with E-state index in [1.165, 1.54) is 30.2 Å². The molecule has 3 rings (SSSR count). The Labute approximate surface area is 139 Å². The Balaban J connectivity index is 1.55. The minimum atomic E-state index is 0.359. The molecule has 0 amide bonds. The first kappa shape index (κ1) is 16.3. The maximum Gasteiger partial charge on any atom is 0.120 e. The maximum absolute atomic E-state index is 6.23. The van der Waals surface area contributed by atoms with Crippen LogP contribution in [0, 0.1) is 5.92 Å². The third-order valence-electron chi connectivity index (χ3n) is 4.83. The molecule has 23 heavy (non-hydrogen) atoms. The van der Waals surface area contributed by atoms with Gasteiger partial charge < -0.3 is 9.64 Å². The number of hydrogen-bond acceptors (Lipinski definition) is 3. The number of benzene rings is 1. The van der Waals surface area contributed by atoms with Crippen molar-refractivity contribution >= 4 is 10.8 Å². The van der Waals surface area contributed by atoms with Gasteiger partial charge in [0.2, 0.25) is 0 Å². The molecule has 1 fully saturated rings. The second kappa shape index (κ2) is 7.31. The van der Waals surface area contributed by atoms with E-state index >= 15 is 0 Å². The Morgan fingerprint density at radius 1 is 1.13 bits per heavy atom. The molecule has 0 radical (unpaired) electrons. The molecule has 1 aromatic heterocycles. The van der Waals surface area contributed by atoms with Gasteiger partial charge in [0, 0.05) is 30.4 Å². The first-order valence-electron chi connectivity index (χ1n) is 8.82. The molecule has 3 heteroatoms. The first-order chi connectivity index (χ1) is 11.1. The molecule has 0 atom stereocenters. The van der Waals surface area contributed by atoms with Crippen molar-refractivity contribution in [2.45, 2.75) is 51.7 Å². The highest BCUT2D eigenvalue weighted by atomic mass is 16.5. The van der Waals surface area contributed by atoms with E-state index in [1.807, 2.05) is 18.5 Å². The number of pyridine rings is 1. The van der Waals surface area contributed by atoms with Gasteiger partial charge >= 0.3 is 0 Å². The predicted octanol–water partition coefficient (Wildman–Crippen LogP) is 4.51. The molecule has 124 valence electrons. The van der Waals surface area contributed by atoms with Gasteiger partial charge in [0.25, 0.3) is 0 Å². The zero-order chi connectivity index (χ0) is 16.2. The molecule has 1 aromatic carbocycles. The quantitative estimate of drug-likeness (QED) is 0.812. The molecule has 0 bridgehead atoms. The van der Waals surface area contributed by atoms with E-state index in [0.29, 0.717) is 6.10 Å². The van der Waals surface area contributed by atoms with E-state index in [0.717, 1.165) is 30.6 Å². The van der Waals surface area contributed by atoms with Gasteiger partial charge in [-0.3, -0.25) is 4.98 Å². The fourth-order valence-electron chi connectivity index (χ4n) is 3.66. The van der Waals surface area contributed by atoms with E-state index in [1.54, 1.807) is 0 Å². The molecule has 0 spiro atoms. The Bertz CT molecular complexity index is 632. The van der Waals surface area contributed by atoms with Gasteiger partial charge in [0.05, 0.1) is 6.10 Å². The summed E-state index contributed by atoms with van der Waals surface area (Å²) in [4.78, 5) is 6.69. The summed E-state index contributed by atoms with van der Waals surface area (Å²) in [7, 11) is 2.27. The van der Waals surface area contributed by atoms with Crippen LogP contribution in [0.3, 0.4) is 0 Å². The zero-order valence-corrected chi connectivity index (χ0v) is 14.5. The number of nitrogens with zero attached hydrogens (tertiary/aromatic N) is 2. The van der Waals surface area contributed by atoms with Crippen molar-refractivity contribution in [1.29, 1.82) is 0 Å². The van der Waals surface area contributed by atoms with Crippen molar-refractivity contribution in [2.75, 3.05) is 13.6 Å². The predicted molar refractivity (Wildman–Crippen MR) is 95.9 cm³/mol. The molecule has 0 unspecified atom stereocenters. The highest BCUT2D eigenvalue weighted by Crippen LogP contribution is 2.28. The average Bonchev–Trinajstić information content (AvgIpc) is 2.55. The van der Waals surface area contributed by atoms with Crippen molar-refractivity contribution in [3.8, 4) is 5.75 Å². The summed E-state index contributed by atoms with van der Waals surface area (Å²) >= 11 is 0. The lowest BCUT2D eigenvalue weighted by atomic mass is 9.91. The summed E-state index contributed by atoms with van der Waals surface area (Å²) in [5, 5.41) is 2.36. The van der Waals surface area contributed by atoms with Crippen molar-refractivity contribution in [2.24, 2.45) is 5.92 Å². The fraction of sp³-hybridized carbons (Fsp3) is 0.550. The van der Waals surface area contributed by atoms with Gasteiger partial charge in [0.15, 0.2) is 0 Å². The van der Waals surface area contributed by atoms with E-state index in [4.69, 9.17) is 4.74 Å².